The molecule has 0 fully saturated rings. The van der Waals surface area contributed by atoms with E-state index in [-0.39, 0.29) is 0 Å². The highest BCUT2D eigenvalue weighted by atomic mass is 35.5. The topological polar surface area (TPSA) is 38.0 Å². The predicted molar refractivity (Wildman–Crippen MR) is 66.0 cm³/mol. The molecule has 1 aliphatic carbocycles. The lowest BCUT2D eigenvalue weighted by Gasteiger charge is -2.23. The van der Waals surface area contributed by atoms with Crippen molar-refractivity contribution in [3.63, 3.8) is 0 Å². The third-order valence-electron chi connectivity index (χ3n) is 3.42. The molecule has 0 atom stereocenters. The van der Waals surface area contributed by atoms with Crippen molar-refractivity contribution >= 4 is 11.6 Å². The van der Waals surface area contributed by atoms with Crippen molar-refractivity contribution in [2.45, 2.75) is 18.4 Å². The van der Waals surface area contributed by atoms with Gasteiger partial charge in [-0.25, -0.2) is 0 Å². The van der Waals surface area contributed by atoms with Crippen molar-refractivity contribution in [3.05, 3.63) is 52.3 Å². The number of halogens is 1. The van der Waals surface area contributed by atoms with Crippen LogP contribution in [0.5, 0.6) is 0 Å². The van der Waals surface area contributed by atoms with Crippen LogP contribution in [0.2, 0.25) is 5.02 Å². The summed E-state index contributed by atoms with van der Waals surface area (Å²) >= 11 is 6.11. The monoisotopic (exact) mass is 248 g/mol. The van der Waals surface area contributed by atoms with E-state index in [1.54, 1.807) is 10.9 Å². The smallest absolute Gasteiger partial charge is 0.116 e. The van der Waals surface area contributed by atoms with Gasteiger partial charge < -0.3 is 5.11 Å². The van der Waals surface area contributed by atoms with Crippen LogP contribution in [0.4, 0.5) is 0 Å². The fourth-order valence-corrected chi connectivity index (χ4v) is 3.04. The van der Waals surface area contributed by atoms with E-state index in [1.807, 2.05) is 19.2 Å². The van der Waals surface area contributed by atoms with E-state index < -0.39 is 5.60 Å². The van der Waals surface area contributed by atoms with Crippen molar-refractivity contribution in [2.24, 2.45) is 7.05 Å². The van der Waals surface area contributed by atoms with Gasteiger partial charge in [0.2, 0.25) is 0 Å². The highest BCUT2D eigenvalue weighted by molar-refractivity contribution is 6.31. The first-order valence-electron chi connectivity index (χ1n) is 5.57. The standard InChI is InChI=1S/C13H13ClN2O/c1-16-12(11(14)8-15-16)13(17)6-9-4-2-3-5-10(9)7-13/h2-5,8,17H,6-7H2,1H3. The second-order valence-corrected chi connectivity index (χ2v) is 5.03. The molecule has 0 spiro atoms. The zero-order valence-corrected chi connectivity index (χ0v) is 10.3. The minimum Gasteiger partial charge on any atom is -0.383 e. The molecule has 1 heterocycles. The van der Waals surface area contributed by atoms with Crippen LogP contribution in [-0.4, -0.2) is 14.9 Å². The maximum atomic E-state index is 10.8. The average Bonchev–Trinajstić information content (AvgIpc) is 2.78. The van der Waals surface area contributed by atoms with Gasteiger partial charge in [-0.2, -0.15) is 5.10 Å². The number of rotatable bonds is 1. The van der Waals surface area contributed by atoms with Crippen LogP contribution >= 0.6 is 11.6 Å². The molecule has 1 N–H and O–H groups in total. The minimum atomic E-state index is -0.925. The number of aryl methyl sites for hydroxylation is 1. The van der Waals surface area contributed by atoms with E-state index in [2.05, 4.69) is 17.2 Å². The Hall–Kier alpha value is -1.32. The summed E-state index contributed by atoms with van der Waals surface area (Å²) in [6, 6.07) is 8.10. The normalized spacial score (nSPS) is 17.1. The molecule has 0 saturated heterocycles. The van der Waals surface area contributed by atoms with Crippen molar-refractivity contribution in [3.8, 4) is 0 Å². The Labute approximate surface area is 105 Å². The van der Waals surface area contributed by atoms with Crippen LogP contribution < -0.4 is 0 Å². The van der Waals surface area contributed by atoms with Crippen LogP contribution in [0.1, 0.15) is 16.8 Å². The number of aromatic nitrogens is 2. The lowest BCUT2D eigenvalue weighted by molar-refractivity contribution is 0.0398. The van der Waals surface area contributed by atoms with Gasteiger partial charge in [0, 0.05) is 19.9 Å². The van der Waals surface area contributed by atoms with Crippen molar-refractivity contribution in [1.29, 1.82) is 0 Å². The SMILES string of the molecule is Cn1ncc(Cl)c1C1(O)Cc2ccccc2C1. The van der Waals surface area contributed by atoms with E-state index in [1.165, 1.54) is 11.1 Å². The van der Waals surface area contributed by atoms with E-state index in [9.17, 15) is 5.11 Å². The number of nitrogens with zero attached hydrogens (tertiary/aromatic N) is 2. The Bertz CT molecular complexity index is 532. The lowest BCUT2D eigenvalue weighted by atomic mass is 9.96. The molecule has 1 aromatic carbocycles. The van der Waals surface area contributed by atoms with Gasteiger partial charge in [-0.15, -0.1) is 0 Å². The number of benzene rings is 1. The third kappa shape index (κ3) is 1.58. The van der Waals surface area contributed by atoms with Gasteiger partial charge in [-0.3, -0.25) is 4.68 Å². The fourth-order valence-electron chi connectivity index (χ4n) is 2.70. The van der Waals surface area contributed by atoms with E-state index in [0.717, 1.165) is 0 Å². The minimum absolute atomic E-state index is 0.530. The average molecular weight is 249 g/mol. The molecule has 0 amide bonds. The first-order chi connectivity index (χ1) is 8.10. The largest absolute Gasteiger partial charge is 0.383 e. The van der Waals surface area contributed by atoms with Crippen molar-refractivity contribution < 1.29 is 5.11 Å². The summed E-state index contributed by atoms with van der Waals surface area (Å²) in [5, 5.41) is 15.4. The van der Waals surface area contributed by atoms with Gasteiger partial charge in [-0.1, -0.05) is 35.9 Å². The van der Waals surface area contributed by atoms with Gasteiger partial charge in [0.05, 0.1) is 16.9 Å². The Kier molecular flexibility index (Phi) is 2.28. The third-order valence-corrected chi connectivity index (χ3v) is 3.70. The molecule has 0 aliphatic heterocycles. The Balaban J connectivity index is 2.07. The maximum Gasteiger partial charge on any atom is 0.116 e. The molecule has 3 rings (SSSR count). The fraction of sp³-hybridized carbons (Fsp3) is 0.308. The molecular weight excluding hydrogens is 236 g/mol. The zero-order chi connectivity index (χ0) is 12.0. The quantitative estimate of drug-likeness (QED) is 0.839. The summed E-state index contributed by atoms with van der Waals surface area (Å²) in [5.41, 5.74) is 2.15. The summed E-state index contributed by atoms with van der Waals surface area (Å²) < 4.78 is 1.66. The summed E-state index contributed by atoms with van der Waals surface area (Å²) in [6.45, 7) is 0. The van der Waals surface area contributed by atoms with Crippen LogP contribution in [0.3, 0.4) is 0 Å². The van der Waals surface area contributed by atoms with E-state index in [0.29, 0.717) is 23.6 Å². The first-order valence-corrected chi connectivity index (χ1v) is 5.95. The molecule has 17 heavy (non-hydrogen) atoms. The van der Waals surface area contributed by atoms with Gasteiger partial charge >= 0.3 is 0 Å². The highest BCUT2D eigenvalue weighted by Crippen LogP contribution is 2.39. The summed E-state index contributed by atoms with van der Waals surface area (Å²) in [6.07, 6.45) is 2.78. The molecule has 4 heteroatoms. The summed E-state index contributed by atoms with van der Waals surface area (Å²) in [7, 11) is 1.81. The van der Waals surface area contributed by atoms with Crippen molar-refractivity contribution in [2.75, 3.05) is 0 Å². The second kappa shape index (κ2) is 3.59. The number of hydrogen-bond acceptors (Lipinski definition) is 2. The first kappa shape index (κ1) is 10.8. The molecule has 2 aromatic rings. The van der Waals surface area contributed by atoms with Gasteiger partial charge in [0.15, 0.2) is 0 Å². The van der Waals surface area contributed by atoms with Crippen molar-refractivity contribution in [1.82, 2.24) is 9.78 Å². The summed E-state index contributed by atoms with van der Waals surface area (Å²) in [4.78, 5) is 0. The number of aliphatic hydroxyl groups is 1. The van der Waals surface area contributed by atoms with Crippen LogP contribution in [0.25, 0.3) is 0 Å². The zero-order valence-electron chi connectivity index (χ0n) is 9.52. The molecule has 3 nitrogen and oxygen atoms in total. The predicted octanol–water partition coefficient (Wildman–Crippen LogP) is 2.06. The van der Waals surface area contributed by atoms with Crippen LogP contribution in [-0.2, 0) is 25.5 Å². The molecule has 88 valence electrons. The molecule has 0 bridgehead atoms. The molecular formula is C13H13ClN2O. The molecule has 0 saturated carbocycles. The Morgan fingerprint density at radius 2 is 1.88 bits per heavy atom. The summed E-state index contributed by atoms with van der Waals surface area (Å²) in [5.74, 6) is 0. The van der Waals surface area contributed by atoms with Gasteiger partial charge in [0.25, 0.3) is 0 Å². The lowest BCUT2D eigenvalue weighted by Crippen LogP contribution is -2.29. The van der Waals surface area contributed by atoms with E-state index >= 15 is 0 Å². The Morgan fingerprint density at radius 3 is 2.35 bits per heavy atom. The van der Waals surface area contributed by atoms with Crippen LogP contribution in [0.15, 0.2) is 30.5 Å². The Morgan fingerprint density at radius 1 is 1.29 bits per heavy atom. The number of fused-ring (bicyclic) bond motifs is 1. The van der Waals surface area contributed by atoms with E-state index in [4.69, 9.17) is 11.6 Å². The molecule has 0 radical (unpaired) electrons. The molecule has 0 unspecified atom stereocenters. The second-order valence-electron chi connectivity index (χ2n) is 4.62. The maximum absolute atomic E-state index is 10.8. The van der Waals surface area contributed by atoms with Gasteiger partial charge in [-0.05, 0) is 11.1 Å². The molecule has 1 aromatic heterocycles. The molecule has 1 aliphatic rings. The van der Waals surface area contributed by atoms with Gasteiger partial charge in [0.1, 0.15) is 5.60 Å². The van der Waals surface area contributed by atoms with Crippen LogP contribution in [0, 0.1) is 0 Å². The number of hydrogen-bond donors (Lipinski definition) is 1. The highest BCUT2D eigenvalue weighted by Gasteiger charge is 2.40.